The van der Waals surface area contributed by atoms with Gasteiger partial charge in [0.05, 0.1) is 11.0 Å². The first-order chi connectivity index (χ1) is 11.5. The number of halogens is 1. The second-order valence-electron chi connectivity index (χ2n) is 6.55. The minimum Gasteiger partial charge on any atom is -0.339 e. The van der Waals surface area contributed by atoms with Crippen molar-refractivity contribution in [2.45, 2.75) is 59.4 Å². The number of rotatable bonds is 8. The van der Waals surface area contributed by atoms with E-state index in [9.17, 15) is 4.79 Å². The summed E-state index contributed by atoms with van der Waals surface area (Å²) in [6.45, 7) is 10.1. The minimum atomic E-state index is 0.0917. The number of unbranched alkanes of at least 4 members (excludes halogenated alkanes) is 2. The van der Waals surface area contributed by atoms with Crippen molar-refractivity contribution in [1.29, 1.82) is 0 Å². The van der Waals surface area contributed by atoms with Gasteiger partial charge in [-0.3, -0.25) is 4.79 Å². The molecule has 0 radical (unpaired) electrons. The van der Waals surface area contributed by atoms with Crippen molar-refractivity contribution in [3.63, 3.8) is 0 Å². The van der Waals surface area contributed by atoms with Crippen LogP contribution < -0.4 is 0 Å². The molecule has 2 rings (SSSR count). The minimum absolute atomic E-state index is 0.0917. The quantitative estimate of drug-likeness (QED) is 0.647. The van der Waals surface area contributed by atoms with Crippen LogP contribution in [-0.2, 0) is 0 Å². The lowest BCUT2D eigenvalue weighted by molar-refractivity contribution is 0.0751. The highest BCUT2D eigenvalue weighted by atomic mass is 35.5. The lowest BCUT2D eigenvalue weighted by Gasteiger charge is -2.22. The molecule has 0 spiro atoms. The number of carbonyl (C=O) groups excluding carboxylic acids is 1. The lowest BCUT2D eigenvalue weighted by atomic mass is 10.1. The van der Waals surface area contributed by atoms with Crippen LogP contribution in [0.25, 0.3) is 11.0 Å². The summed E-state index contributed by atoms with van der Waals surface area (Å²) in [6, 6.07) is 5.95. The maximum Gasteiger partial charge on any atom is 0.253 e. The van der Waals surface area contributed by atoms with Gasteiger partial charge in [-0.1, -0.05) is 26.7 Å². The molecule has 1 amide bonds. The molecule has 0 aliphatic heterocycles. The Morgan fingerprint density at radius 3 is 2.38 bits per heavy atom. The van der Waals surface area contributed by atoms with Crippen molar-refractivity contribution < 1.29 is 4.79 Å². The molecule has 1 heterocycles. The summed E-state index contributed by atoms with van der Waals surface area (Å²) < 4.78 is 1.98. The molecule has 132 valence electrons. The second-order valence-corrected chi connectivity index (χ2v) is 6.89. The Kier molecular flexibility index (Phi) is 6.67. The highest BCUT2D eigenvalue weighted by molar-refractivity contribution is 6.29. The van der Waals surface area contributed by atoms with Gasteiger partial charge in [0.2, 0.25) is 5.28 Å². The van der Waals surface area contributed by atoms with E-state index >= 15 is 0 Å². The largest absolute Gasteiger partial charge is 0.339 e. The molecule has 4 nitrogen and oxygen atoms in total. The molecule has 0 aliphatic rings. The third kappa shape index (κ3) is 4.10. The van der Waals surface area contributed by atoms with E-state index in [2.05, 4.69) is 32.7 Å². The second kappa shape index (κ2) is 8.52. The Bertz CT molecular complexity index is 685. The van der Waals surface area contributed by atoms with Crippen molar-refractivity contribution in [3.8, 4) is 0 Å². The molecule has 0 saturated heterocycles. The van der Waals surface area contributed by atoms with Gasteiger partial charge in [0.15, 0.2) is 0 Å². The van der Waals surface area contributed by atoms with E-state index in [-0.39, 0.29) is 11.9 Å². The van der Waals surface area contributed by atoms with E-state index in [0.29, 0.717) is 10.8 Å². The van der Waals surface area contributed by atoms with Crippen molar-refractivity contribution in [2.24, 2.45) is 0 Å². The summed E-state index contributed by atoms with van der Waals surface area (Å²) in [6.07, 6.45) is 4.24. The van der Waals surface area contributed by atoms with Gasteiger partial charge in [-0.05, 0) is 56.5 Å². The fourth-order valence-electron chi connectivity index (χ4n) is 2.89. The third-order valence-corrected chi connectivity index (χ3v) is 4.53. The van der Waals surface area contributed by atoms with Gasteiger partial charge in [-0.2, -0.15) is 0 Å². The van der Waals surface area contributed by atoms with E-state index in [0.717, 1.165) is 49.8 Å². The van der Waals surface area contributed by atoms with Gasteiger partial charge in [-0.25, -0.2) is 4.98 Å². The first kappa shape index (κ1) is 18.8. The number of hydrogen-bond acceptors (Lipinski definition) is 2. The van der Waals surface area contributed by atoms with Crippen molar-refractivity contribution in [3.05, 3.63) is 29.0 Å². The monoisotopic (exact) mass is 349 g/mol. The van der Waals surface area contributed by atoms with Crippen LogP contribution >= 0.6 is 11.6 Å². The molecule has 24 heavy (non-hydrogen) atoms. The fourth-order valence-corrected chi connectivity index (χ4v) is 3.27. The van der Waals surface area contributed by atoms with E-state index in [4.69, 9.17) is 11.6 Å². The molecule has 0 atom stereocenters. The Hall–Kier alpha value is -1.55. The van der Waals surface area contributed by atoms with Gasteiger partial charge in [0.1, 0.15) is 0 Å². The van der Waals surface area contributed by atoms with Gasteiger partial charge < -0.3 is 9.47 Å². The standard InChI is InChI=1S/C19H28ClN3O/c1-5-7-11-22(12-8-6-2)18(24)15-9-10-17-16(13-15)21-19(20)23(17)14(3)4/h9-10,13-14H,5-8,11-12H2,1-4H3. The van der Waals surface area contributed by atoms with E-state index in [1.54, 1.807) is 0 Å². The van der Waals surface area contributed by atoms with E-state index in [1.165, 1.54) is 0 Å². The third-order valence-electron chi connectivity index (χ3n) is 4.26. The zero-order chi connectivity index (χ0) is 17.7. The molecule has 0 bridgehead atoms. The van der Waals surface area contributed by atoms with Crippen LogP contribution in [0.5, 0.6) is 0 Å². The smallest absolute Gasteiger partial charge is 0.253 e. The van der Waals surface area contributed by atoms with Gasteiger partial charge in [0, 0.05) is 24.7 Å². The van der Waals surface area contributed by atoms with Crippen LogP contribution in [-0.4, -0.2) is 33.4 Å². The molecule has 0 N–H and O–H groups in total. The zero-order valence-corrected chi connectivity index (χ0v) is 15.9. The molecule has 1 aromatic carbocycles. The summed E-state index contributed by atoms with van der Waals surface area (Å²) in [5.74, 6) is 0.0917. The first-order valence-electron chi connectivity index (χ1n) is 8.96. The van der Waals surface area contributed by atoms with Crippen LogP contribution in [0.15, 0.2) is 18.2 Å². The molecule has 0 saturated carbocycles. The molecule has 0 fully saturated rings. The maximum atomic E-state index is 12.9. The fraction of sp³-hybridized carbons (Fsp3) is 0.579. The molecule has 0 unspecified atom stereocenters. The van der Waals surface area contributed by atoms with Gasteiger partial charge in [0.25, 0.3) is 5.91 Å². The summed E-state index contributed by atoms with van der Waals surface area (Å²) >= 11 is 6.25. The van der Waals surface area contributed by atoms with Crippen molar-refractivity contribution in [1.82, 2.24) is 14.5 Å². The zero-order valence-electron chi connectivity index (χ0n) is 15.2. The number of fused-ring (bicyclic) bond motifs is 1. The Morgan fingerprint density at radius 2 is 1.83 bits per heavy atom. The topological polar surface area (TPSA) is 38.1 Å². The highest BCUT2D eigenvalue weighted by Gasteiger charge is 2.18. The molecule has 2 aromatic rings. The summed E-state index contributed by atoms with van der Waals surface area (Å²) in [5, 5.41) is 0.471. The molecule has 5 heteroatoms. The number of nitrogens with zero attached hydrogens (tertiary/aromatic N) is 3. The normalized spacial score (nSPS) is 11.4. The van der Waals surface area contributed by atoms with Crippen molar-refractivity contribution >= 4 is 28.5 Å². The highest BCUT2D eigenvalue weighted by Crippen LogP contribution is 2.25. The van der Waals surface area contributed by atoms with Crippen LogP contribution in [0.4, 0.5) is 0 Å². The number of benzene rings is 1. The van der Waals surface area contributed by atoms with E-state index in [1.807, 2.05) is 27.7 Å². The predicted octanol–water partition coefficient (Wildman–Crippen LogP) is 5.31. The average Bonchev–Trinajstić information content (AvgIpc) is 2.89. The summed E-state index contributed by atoms with van der Waals surface area (Å²) in [4.78, 5) is 19.3. The lowest BCUT2D eigenvalue weighted by Crippen LogP contribution is -2.32. The van der Waals surface area contributed by atoms with Gasteiger partial charge >= 0.3 is 0 Å². The van der Waals surface area contributed by atoms with Crippen LogP contribution in [0.1, 0.15) is 69.8 Å². The summed E-state index contributed by atoms with van der Waals surface area (Å²) in [7, 11) is 0. The molecular formula is C19H28ClN3O. The van der Waals surface area contributed by atoms with Crippen molar-refractivity contribution in [2.75, 3.05) is 13.1 Å². The Labute approximate surface area is 149 Å². The number of aromatic nitrogens is 2. The van der Waals surface area contributed by atoms with Crippen LogP contribution in [0.3, 0.4) is 0 Å². The number of carbonyl (C=O) groups is 1. The first-order valence-corrected chi connectivity index (χ1v) is 9.34. The number of amides is 1. The SMILES string of the molecule is CCCCN(CCCC)C(=O)c1ccc2c(c1)nc(Cl)n2C(C)C. The molecule has 0 aliphatic carbocycles. The Morgan fingerprint density at radius 1 is 1.21 bits per heavy atom. The Balaban J connectivity index is 2.30. The predicted molar refractivity (Wildman–Crippen MR) is 101 cm³/mol. The number of hydrogen-bond donors (Lipinski definition) is 0. The van der Waals surface area contributed by atoms with Crippen LogP contribution in [0.2, 0.25) is 5.28 Å². The molecule has 1 aromatic heterocycles. The maximum absolute atomic E-state index is 12.9. The van der Waals surface area contributed by atoms with Crippen LogP contribution in [0, 0.1) is 0 Å². The van der Waals surface area contributed by atoms with Gasteiger partial charge in [-0.15, -0.1) is 0 Å². The molecular weight excluding hydrogens is 322 g/mol. The summed E-state index contributed by atoms with van der Waals surface area (Å²) in [5.41, 5.74) is 2.45. The number of imidazole rings is 1. The van der Waals surface area contributed by atoms with E-state index < -0.39 is 0 Å². The average molecular weight is 350 g/mol.